The number of guanidine groups is 1. The van der Waals surface area contributed by atoms with Gasteiger partial charge in [-0.1, -0.05) is 12.1 Å². The van der Waals surface area contributed by atoms with Gasteiger partial charge < -0.3 is 19.7 Å². The van der Waals surface area contributed by atoms with Crippen LogP contribution in [0.2, 0.25) is 0 Å². The fourth-order valence-electron chi connectivity index (χ4n) is 3.58. The molecule has 0 saturated carbocycles. The fraction of sp³-hybridized carbons (Fsp3) is 0.650. The van der Waals surface area contributed by atoms with E-state index in [0.717, 1.165) is 57.1 Å². The van der Waals surface area contributed by atoms with Gasteiger partial charge in [0.05, 0.1) is 18.8 Å². The first-order valence-corrected chi connectivity index (χ1v) is 9.68. The number of benzene rings is 1. The zero-order valence-corrected chi connectivity index (χ0v) is 18.4. The van der Waals surface area contributed by atoms with Crippen LogP contribution in [-0.4, -0.2) is 56.4 Å². The molecule has 5 nitrogen and oxygen atoms in total. The molecule has 2 heterocycles. The molecule has 7 heteroatoms. The standard InChI is InChI=1S/C20H30FN3O2.HI/c1-22-20(23-14-16-5-4-6-17(21)13-16)24-10-8-18(9-11-24)26-15-19-7-2-3-12-25-19;/h4-6,13,18-19H,2-3,7-12,14-15H2,1H3,(H,22,23);1H. The van der Waals surface area contributed by atoms with Gasteiger partial charge in [0, 0.05) is 33.3 Å². The summed E-state index contributed by atoms with van der Waals surface area (Å²) in [4.78, 5) is 6.62. The smallest absolute Gasteiger partial charge is 0.193 e. The normalized spacial score (nSPS) is 21.6. The van der Waals surface area contributed by atoms with Crippen LogP contribution in [0, 0.1) is 5.82 Å². The predicted octanol–water partition coefficient (Wildman–Crippen LogP) is 3.57. The molecule has 152 valence electrons. The molecular weight excluding hydrogens is 460 g/mol. The van der Waals surface area contributed by atoms with Crippen LogP contribution in [0.4, 0.5) is 4.39 Å². The van der Waals surface area contributed by atoms with Crippen molar-refractivity contribution in [2.45, 2.75) is 50.9 Å². The molecule has 27 heavy (non-hydrogen) atoms. The number of hydrogen-bond acceptors (Lipinski definition) is 3. The lowest BCUT2D eigenvalue weighted by Gasteiger charge is -2.35. The maximum atomic E-state index is 13.3. The number of halogens is 2. The third-order valence-corrected chi connectivity index (χ3v) is 5.08. The number of piperidine rings is 1. The molecule has 0 aliphatic carbocycles. The van der Waals surface area contributed by atoms with Crippen LogP contribution in [-0.2, 0) is 16.0 Å². The van der Waals surface area contributed by atoms with E-state index in [4.69, 9.17) is 9.47 Å². The maximum Gasteiger partial charge on any atom is 0.193 e. The van der Waals surface area contributed by atoms with E-state index < -0.39 is 0 Å². The van der Waals surface area contributed by atoms with E-state index in [1.165, 1.54) is 18.9 Å². The third kappa shape index (κ3) is 7.19. The average Bonchev–Trinajstić information content (AvgIpc) is 2.69. The number of aliphatic imine (C=N–C) groups is 1. The predicted molar refractivity (Wildman–Crippen MR) is 116 cm³/mol. The first-order valence-electron chi connectivity index (χ1n) is 9.68. The van der Waals surface area contributed by atoms with Gasteiger partial charge in [-0.15, -0.1) is 24.0 Å². The second kappa shape index (κ2) is 11.8. The maximum absolute atomic E-state index is 13.3. The van der Waals surface area contributed by atoms with E-state index in [-0.39, 0.29) is 35.9 Å². The Morgan fingerprint density at radius 1 is 1.30 bits per heavy atom. The second-order valence-electron chi connectivity index (χ2n) is 7.04. The van der Waals surface area contributed by atoms with Gasteiger partial charge in [-0.05, 0) is 49.8 Å². The van der Waals surface area contributed by atoms with E-state index in [2.05, 4.69) is 15.2 Å². The number of nitrogens with zero attached hydrogens (tertiary/aromatic N) is 2. The van der Waals surface area contributed by atoms with Gasteiger partial charge in [-0.3, -0.25) is 4.99 Å². The lowest BCUT2D eigenvalue weighted by atomic mass is 10.1. The average molecular weight is 491 g/mol. The van der Waals surface area contributed by atoms with Crippen LogP contribution in [0.3, 0.4) is 0 Å². The van der Waals surface area contributed by atoms with Crippen molar-refractivity contribution in [1.29, 1.82) is 0 Å². The zero-order chi connectivity index (χ0) is 18.2. The monoisotopic (exact) mass is 491 g/mol. The van der Waals surface area contributed by atoms with Crippen molar-refractivity contribution in [3.8, 4) is 0 Å². The molecule has 2 saturated heterocycles. The van der Waals surface area contributed by atoms with Crippen molar-refractivity contribution >= 4 is 29.9 Å². The lowest BCUT2D eigenvalue weighted by Crippen LogP contribution is -2.47. The summed E-state index contributed by atoms with van der Waals surface area (Å²) in [7, 11) is 1.79. The summed E-state index contributed by atoms with van der Waals surface area (Å²) < 4.78 is 25.1. The van der Waals surface area contributed by atoms with Crippen LogP contribution >= 0.6 is 24.0 Å². The van der Waals surface area contributed by atoms with Crippen LogP contribution in [0.25, 0.3) is 0 Å². The van der Waals surface area contributed by atoms with E-state index in [9.17, 15) is 4.39 Å². The molecule has 0 spiro atoms. The van der Waals surface area contributed by atoms with Crippen molar-refractivity contribution in [3.63, 3.8) is 0 Å². The van der Waals surface area contributed by atoms with Gasteiger partial charge >= 0.3 is 0 Å². The summed E-state index contributed by atoms with van der Waals surface area (Å²) in [6, 6.07) is 6.65. The highest BCUT2D eigenvalue weighted by atomic mass is 127. The first kappa shape index (κ1) is 22.4. The molecule has 1 unspecified atom stereocenters. The Hall–Kier alpha value is -0.930. The summed E-state index contributed by atoms with van der Waals surface area (Å²) in [5.41, 5.74) is 0.914. The fourth-order valence-corrected chi connectivity index (χ4v) is 3.58. The largest absolute Gasteiger partial charge is 0.376 e. The molecule has 0 radical (unpaired) electrons. The Morgan fingerprint density at radius 2 is 2.11 bits per heavy atom. The van der Waals surface area contributed by atoms with Gasteiger partial charge in [0.25, 0.3) is 0 Å². The lowest BCUT2D eigenvalue weighted by molar-refractivity contribution is -0.0721. The minimum Gasteiger partial charge on any atom is -0.376 e. The highest BCUT2D eigenvalue weighted by Gasteiger charge is 2.23. The van der Waals surface area contributed by atoms with Crippen molar-refractivity contribution in [3.05, 3.63) is 35.6 Å². The Labute approximate surface area is 178 Å². The van der Waals surface area contributed by atoms with Crippen LogP contribution < -0.4 is 5.32 Å². The topological polar surface area (TPSA) is 46.1 Å². The van der Waals surface area contributed by atoms with Crippen LogP contribution in [0.5, 0.6) is 0 Å². The number of rotatable bonds is 5. The van der Waals surface area contributed by atoms with Gasteiger partial charge in [0.15, 0.2) is 5.96 Å². The molecule has 1 aromatic rings. The van der Waals surface area contributed by atoms with Crippen molar-refractivity contribution in [1.82, 2.24) is 10.2 Å². The van der Waals surface area contributed by atoms with Gasteiger partial charge in [-0.25, -0.2) is 4.39 Å². The molecule has 2 fully saturated rings. The van der Waals surface area contributed by atoms with Crippen LogP contribution in [0.1, 0.15) is 37.7 Å². The molecule has 3 rings (SSSR count). The number of nitrogens with one attached hydrogen (secondary N) is 1. The molecule has 0 amide bonds. The number of ether oxygens (including phenoxy) is 2. The van der Waals surface area contributed by atoms with E-state index in [0.29, 0.717) is 12.6 Å². The molecular formula is C20H31FIN3O2. The highest BCUT2D eigenvalue weighted by Crippen LogP contribution is 2.18. The van der Waals surface area contributed by atoms with E-state index in [1.54, 1.807) is 19.2 Å². The Kier molecular flexibility index (Phi) is 9.78. The van der Waals surface area contributed by atoms with E-state index >= 15 is 0 Å². The minimum atomic E-state index is -0.209. The Balaban J connectivity index is 0.00000261. The van der Waals surface area contributed by atoms with Crippen molar-refractivity contribution < 1.29 is 13.9 Å². The van der Waals surface area contributed by atoms with Crippen molar-refractivity contribution in [2.24, 2.45) is 4.99 Å². The van der Waals surface area contributed by atoms with Gasteiger partial charge in [-0.2, -0.15) is 0 Å². The SMILES string of the molecule is CN=C(NCc1cccc(F)c1)N1CCC(OCC2CCCCO2)CC1.I. The summed E-state index contributed by atoms with van der Waals surface area (Å²) in [5, 5.41) is 3.33. The highest BCUT2D eigenvalue weighted by molar-refractivity contribution is 14.0. The minimum absolute atomic E-state index is 0. The molecule has 2 aliphatic heterocycles. The molecule has 1 aromatic carbocycles. The van der Waals surface area contributed by atoms with E-state index in [1.807, 2.05) is 6.07 Å². The quantitative estimate of drug-likeness (QED) is 0.389. The third-order valence-electron chi connectivity index (χ3n) is 5.08. The molecule has 0 bridgehead atoms. The molecule has 2 aliphatic rings. The molecule has 1 atom stereocenters. The summed E-state index contributed by atoms with van der Waals surface area (Å²) in [6.45, 7) is 3.99. The Morgan fingerprint density at radius 3 is 2.78 bits per heavy atom. The summed E-state index contributed by atoms with van der Waals surface area (Å²) >= 11 is 0. The van der Waals surface area contributed by atoms with Crippen LogP contribution in [0.15, 0.2) is 29.3 Å². The zero-order valence-electron chi connectivity index (χ0n) is 16.0. The second-order valence-corrected chi connectivity index (χ2v) is 7.04. The number of hydrogen-bond donors (Lipinski definition) is 1. The number of likely N-dealkylation sites (tertiary alicyclic amines) is 1. The Bertz CT molecular complexity index is 588. The van der Waals surface area contributed by atoms with Crippen molar-refractivity contribution in [2.75, 3.05) is 33.4 Å². The van der Waals surface area contributed by atoms with Gasteiger partial charge in [0.1, 0.15) is 5.82 Å². The molecule has 0 aromatic heterocycles. The summed E-state index contributed by atoms with van der Waals surface area (Å²) in [6.07, 6.45) is 6.12. The summed E-state index contributed by atoms with van der Waals surface area (Å²) in [5.74, 6) is 0.655. The molecule has 1 N–H and O–H groups in total. The van der Waals surface area contributed by atoms with Gasteiger partial charge in [0.2, 0.25) is 0 Å². The first-order chi connectivity index (χ1) is 12.7.